The number of rotatable bonds is 3. The van der Waals surface area contributed by atoms with Gasteiger partial charge in [-0.15, -0.1) is 0 Å². The Balaban J connectivity index is 3.26. The highest BCUT2D eigenvalue weighted by molar-refractivity contribution is 14.1. The number of carboxylic acid groups (broad SMARTS) is 1. The van der Waals surface area contributed by atoms with E-state index in [9.17, 15) is 13.6 Å². The van der Waals surface area contributed by atoms with E-state index in [1.165, 1.54) is 6.20 Å². The van der Waals surface area contributed by atoms with Crippen molar-refractivity contribution in [1.29, 1.82) is 0 Å². The van der Waals surface area contributed by atoms with E-state index in [1.54, 1.807) is 22.6 Å². The Morgan fingerprint density at radius 1 is 1.67 bits per heavy atom. The van der Waals surface area contributed by atoms with Gasteiger partial charge in [-0.25, -0.2) is 13.8 Å². The summed E-state index contributed by atoms with van der Waals surface area (Å²) in [5.41, 5.74) is -0.262. The van der Waals surface area contributed by atoms with Crippen molar-refractivity contribution in [1.82, 2.24) is 4.98 Å². The number of hydrogen-bond acceptors (Lipinski definition) is 2. The highest BCUT2D eigenvalue weighted by atomic mass is 127. The molecule has 1 aromatic heterocycles. The van der Waals surface area contributed by atoms with E-state index in [0.29, 0.717) is 3.70 Å². The predicted molar refractivity (Wildman–Crippen MR) is 61.0 cm³/mol. The summed E-state index contributed by atoms with van der Waals surface area (Å²) in [5, 5.41) is 8.54. The van der Waals surface area contributed by atoms with Crippen molar-refractivity contribution in [3.8, 4) is 0 Å². The fourth-order valence-corrected chi connectivity index (χ4v) is 2.01. The zero-order valence-corrected chi connectivity index (χ0v) is 10.9. The van der Waals surface area contributed by atoms with E-state index >= 15 is 0 Å². The van der Waals surface area contributed by atoms with Gasteiger partial charge in [0.25, 0.3) is 6.43 Å². The molecule has 0 saturated carbocycles. The van der Waals surface area contributed by atoms with Crippen LogP contribution in [-0.2, 0) is 11.2 Å². The zero-order chi connectivity index (χ0) is 11.6. The average molecular weight is 392 g/mol. The maximum Gasteiger partial charge on any atom is 0.307 e. The molecule has 0 aromatic carbocycles. The first kappa shape index (κ1) is 12.8. The summed E-state index contributed by atoms with van der Waals surface area (Å²) in [6.07, 6.45) is -2.00. The minimum atomic E-state index is -2.72. The van der Waals surface area contributed by atoms with Crippen molar-refractivity contribution in [3.63, 3.8) is 0 Å². The van der Waals surface area contributed by atoms with Crippen LogP contribution in [0.3, 0.4) is 0 Å². The van der Waals surface area contributed by atoms with Gasteiger partial charge < -0.3 is 5.11 Å². The molecule has 0 aliphatic heterocycles. The predicted octanol–water partition coefficient (Wildman–Crippen LogP) is 3.01. The minimum absolute atomic E-state index is 0.0322. The van der Waals surface area contributed by atoms with Crippen LogP contribution >= 0.6 is 38.5 Å². The van der Waals surface area contributed by atoms with Crippen molar-refractivity contribution in [2.24, 2.45) is 0 Å². The lowest BCUT2D eigenvalue weighted by atomic mass is 10.1. The lowest BCUT2D eigenvalue weighted by Gasteiger charge is -2.09. The maximum atomic E-state index is 12.7. The van der Waals surface area contributed by atoms with E-state index in [0.717, 1.165) is 0 Å². The summed E-state index contributed by atoms with van der Waals surface area (Å²) in [5.74, 6) is -1.16. The molecule has 0 unspecified atom stereocenters. The molecule has 0 atom stereocenters. The van der Waals surface area contributed by atoms with Crippen molar-refractivity contribution < 1.29 is 18.7 Å². The van der Waals surface area contributed by atoms with Crippen LogP contribution < -0.4 is 0 Å². The number of nitrogens with zero attached hydrogens (tertiary/aromatic N) is 1. The van der Waals surface area contributed by atoms with Gasteiger partial charge in [0.05, 0.1) is 10.9 Å². The van der Waals surface area contributed by atoms with Crippen molar-refractivity contribution in [2.75, 3.05) is 0 Å². The highest BCUT2D eigenvalue weighted by Gasteiger charge is 2.20. The number of carboxylic acids is 1. The Labute approximate surface area is 106 Å². The van der Waals surface area contributed by atoms with Crippen LogP contribution in [0.25, 0.3) is 0 Å². The maximum absolute atomic E-state index is 12.7. The molecule has 1 rings (SSSR count). The first-order chi connectivity index (χ1) is 6.93. The zero-order valence-electron chi connectivity index (χ0n) is 7.18. The van der Waals surface area contributed by atoms with Crippen LogP contribution in [0.1, 0.15) is 17.6 Å². The molecule has 7 heteroatoms. The number of aliphatic carboxylic acids is 1. The third-order valence-corrected chi connectivity index (χ3v) is 4.02. The third-order valence-electron chi connectivity index (χ3n) is 1.66. The van der Waals surface area contributed by atoms with Crippen LogP contribution in [0.4, 0.5) is 8.78 Å². The largest absolute Gasteiger partial charge is 0.481 e. The normalized spacial score (nSPS) is 10.7. The summed E-state index contributed by atoms with van der Waals surface area (Å²) in [7, 11) is 0. The van der Waals surface area contributed by atoms with E-state index in [-0.39, 0.29) is 15.6 Å². The number of pyridine rings is 1. The van der Waals surface area contributed by atoms with Gasteiger partial charge in [-0.05, 0) is 44.1 Å². The SMILES string of the molecule is O=C(O)Cc1cnc(I)c(Br)c1C(F)F. The van der Waals surface area contributed by atoms with Gasteiger partial charge in [-0.2, -0.15) is 0 Å². The van der Waals surface area contributed by atoms with Crippen LogP contribution in [0.15, 0.2) is 10.7 Å². The quantitative estimate of drug-likeness (QED) is 0.636. The molecule has 0 spiro atoms. The Kier molecular flexibility index (Phi) is 4.38. The van der Waals surface area contributed by atoms with Gasteiger partial charge in [0.1, 0.15) is 3.70 Å². The van der Waals surface area contributed by atoms with Gasteiger partial charge in [0, 0.05) is 11.8 Å². The number of halogens is 4. The summed E-state index contributed by atoms with van der Waals surface area (Å²) in [6, 6.07) is 0. The van der Waals surface area contributed by atoms with Crippen molar-refractivity contribution >= 4 is 44.5 Å². The van der Waals surface area contributed by atoms with Crippen LogP contribution in [0.2, 0.25) is 0 Å². The Morgan fingerprint density at radius 2 is 2.27 bits per heavy atom. The molecule has 0 aliphatic rings. The Hall–Kier alpha value is -0.310. The standard InChI is InChI=1S/C8H5BrF2INO2/c9-6-5(7(10)11)3(1-4(14)15)2-13-8(6)12/h2,7H,1H2,(H,14,15). The lowest BCUT2D eigenvalue weighted by Crippen LogP contribution is -2.06. The number of alkyl halides is 2. The summed E-state index contributed by atoms with van der Waals surface area (Å²) in [4.78, 5) is 14.3. The Bertz CT molecular complexity index is 400. The fraction of sp³-hybridized carbons (Fsp3) is 0.250. The monoisotopic (exact) mass is 391 g/mol. The molecule has 3 nitrogen and oxygen atoms in total. The van der Waals surface area contributed by atoms with Crippen LogP contribution in [-0.4, -0.2) is 16.1 Å². The van der Waals surface area contributed by atoms with Gasteiger partial charge in [-0.1, -0.05) is 0 Å². The lowest BCUT2D eigenvalue weighted by molar-refractivity contribution is -0.136. The molecule has 0 amide bonds. The third kappa shape index (κ3) is 3.07. The smallest absolute Gasteiger partial charge is 0.307 e. The molecular formula is C8H5BrF2INO2. The van der Waals surface area contributed by atoms with Gasteiger partial charge in [-0.3, -0.25) is 4.79 Å². The molecular weight excluding hydrogens is 387 g/mol. The van der Waals surface area contributed by atoms with Crippen LogP contribution in [0, 0.1) is 3.70 Å². The van der Waals surface area contributed by atoms with Gasteiger partial charge in [0.15, 0.2) is 0 Å². The topological polar surface area (TPSA) is 50.2 Å². The molecule has 15 heavy (non-hydrogen) atoms. The second kappa shape index (κ2) is 5.15. The molecule has 0 bridgehead atoms. The second-order valence-corrected chi connectivity index (χ2v) is 4.49. The first-order valence-corrected chi connectivity index (χ1v) is 5.63. The van der Waals surface area contributed by atoms with Crippen molar-refractivity contribution in [2.45, 2.75) is 12.8 Å². The number of hydrogen-bond donors (Lipinski definition) is 1. The van der Waals surface area contributed by atoms with E-state index in [1.807, 2.05) is 0 Å². The molecule has 1 N–H and O–H groups in total. The number of carbonyl (C=O) groups is 1. The van der Waals surface area contributed by atoms with E-state index in [2.05, 4.69) is 20.9 Å². The van der Waals surface area contributed by atoms with E-state index < -0.39 is 18.8 Å². The molecule has 0 saturated heterocycles. The van der Waals surface area contributed by atoms with Gasteiger partial charge >= 0.3 is 5.97 Å². The first-order valence-electron chi connectivity index (χ1n) is 3.76. The molecule has 82 valence electrons. The van der Waals surface area contributed by atoms with Gasteiger partial charge in [0.2, 0.25) is 0 Å². The highest BCUT2D eigenvalue weighted by Crippen LogP contribution is 2.32. The molecule has 0 fully saturated rings. The van der Waals surface area contributed by atoms with Crippen molar-refractivity contribution in [3.05, 3.63) is 25.5 Å². The molecule has 0 radical (unpaired) electrons. The summed E-state index contributed by atoms with van der Waals surface area (Å²) in [6.45, 7) is 0. The Morgan fingerprint density at radius 3 is 2.73 bits per heavy atom. The number of aromatic nitrogens is 1. The fourth-order valence-electron chi connectivity index (χ4n) is 1.05. The molecule has 1 heterocycles. The van der Waals surface area contributed by atoms with E-state index in [4.69, 9.17) is 5.11 Å². The summed E-state index contributed by atoms with van der Waals surface area (Å²) >= 11 is 4.77. The second-order valence-electron chi connectivity index (χ2n) is 2.67. The van der Waals surface area contributed by atoms with Crippen LogP contribution in [0.5, 0.6) is 0 Å². The summed E-state index contributed by atoms with van der Waals surface area (Å²) < 4.78 is 25.9. The molecule has 1 aromatic rings. The molecule has 0 aliphatic carbocycles. The average Bonchev–Trinajstić information content (AvgIpc) is 2.10. The minimum Gasteiger partial charge on any atom is -0.481 e.